The van der Waals surface area contributed by atoms with Crippen LogP contribution in [0.1, 0.15) is 13.3 Å². The normalized spacial score (nSPS) is 18.4. The molecule has 3 heterocycles. The lowest BCUT2D eigenvalue weighted by atomic mass is 10.1. The van der Waals surface area contributed by atoms with E-state index in [2.05, 4.69) is 49.5 Å². The third-order valence-corrected chi connectivity index (χ3v) is 6.69. The van der Waals surface area contributed by atoms with Gasteiger partial charge in [-0.2, -0.15) is 0 Å². The maximum absolute atomic E-state index is 12.6. The van der Waals surface area contributed by atoms with Crippen LogP contribution in [0.3, 0.4) is 0 Å². The molecule has 2 aliphatic heterocycles. The second kappa shape index (κ2) is 10.8. The van der Waals surface area contributed by atoms with Gasteiger partial charge in [0.05, 0.1) is 24.8 Å². The number of morpholine rings is 1. The standard InChI is InChI=1S/C27H32N6O2/c1-2-32-14-12-21(19-32)26(34)29-22-5-3-20(4-6-22)25-11-13-28-27(31-25)30-23-7-9-24(10-8-23)33-15-17-35-18-16-33/h3-11,13,21H,2,12,14-19H2,1H3,(H,29,34)(H,28,30,31). The summed E-state index contributed by atoms with van der Waals surface area (Å²) in [7, 11) is 0. The second-order valence-electron chi connectivity index (χ2n) is 8.98. The molecule has 1 amide bonds. The molecule has 2 aliphatic rings. The van der Waals surface area contributed by atoms with E-state index in [0.717, 1.165) is 75.0 Å². The smallest absolute Gasteiger partial charge is 0.228 e. The zero-order chi connectivity index (χ0) is 24.0. The van der Waals surface area contributed by atoms with Gasteiger partial charge in [0.15, 0.2) is 0 Å². The molecule has 1 unspecified atom stereocenters. The van der Waals surface area contributed by atoms with Gasteiger partial charge in [0, 0.05) is 48.5 Å². The molecule has 5 rings (SSSR count). The first kappa shape index (κ1) is 23.3. The first-order chi connectivity index (χ1) is 17.2. The number of hydrogen-bond acceptors (Lipinski definition) is 7. The number of nitrogens with zero attached hydrogens (tertiary/aromatic N) is 4. The van der Waals surface area contributed by atoms with Crippen molar-refractivity contribution in [2.75, 3.05) is 61.5 Å². The quantitative estimate of drug-likeness (QED) is 0.538. The number of anilines is 4. The molecule has 2 fully saturated rings. The molecule has 2 N–H and O–H groups in total. The molecule has 0 saturated carbocycles. The average Bonchev–Trinajstić information content (AvgIpc) is 3.40. The Kier molecular flexibility index (Phi) is 7.20. The zero-order valence-corrected chi connectivity index (χ0v) is 20.1. The molecule has 8 nitrogen and oxygen atoms in total. The van der Waals surface area contributed by atoms with Crippen LogP contribution in [0.25, 0.3) is 11.3 Å². The SMILES string of the molecule is CCN1CCC(C(=O)Nc2ccc(-c3ccnc(Nc4ccc(N5CCOCC5)cc4)n3)cc2)C1. The van der Waals surface area contributed by atoms with Gasteiger partial charge in [0.1, 0.15) is 0 Å². The number of amides is 1. The molecule has 0 aliphatic carbocycles. The van der Waals surface area contributed by atoms with Crippen molar-refractivity contribution in [1.82, 2.24) is 14.9 Å². The van der Waals surface area contributed by atoms with Gasteiger partial charge in [-0.05, 0) is 62.0 Å². The molecule has 0 radical (unpaired) electrons. The fourth-order valence-corrected chi connectivity index (χ4v) is 4.59. The number of hydrogen-bond donors (Lipinski definition) is 2. The maximum atomic E-state index is 12.6. The van der Waals surface area contributed by atoms with E-state index in [1.54, 1.807) is 6.20 Å². The van der Waals surface area contributed by atoms with E-state index < -0.39 is 0 Å². The van der Waals surface area contributed by atoms with E-state index in [4.69, 9.17) is 4.74 Å². The van der Waals surface area contributed by atoms with Crippen molar-refractivity contribution in [3.63, 3.8) is 0 Å². The molecule has 1 aromatic heterocycles. The van der Waals surface area contributed by atoms with Crippen LogP contribution in [0.4, 0.5) is 23.0 Å². The molecule has 8 heteroatoms. The number of likely N-dealkylation sites (tertiary alicyclic amines) is 1. The molecule has 2 saturated heterocycles. The van der Waals surface area contributed by atoms with Gasteiger partial charge >= 0.3 is 0 Å². The van der Waals surface area contributed by atoms with Gasteiger partial charge < -0.3 is 25.2 Å². The number of carbonyl (C=O) groups is 1. The van der Waals surface area contributed by atoms with Crippen LogP contribution in [0.2, 0.25) is 0 Å². The van der Waals surface area contributed by atoms with Crippen LogP contribution in [0.5, 0.6) is 0 Å². The second-order valence-corrected chi connectivity index (χ2v) is 8.98. The van der Waals surface area contributed by atoms with Crippen LogP contribution in [-0.2, 0) is 9.53 Å². The lowest BCUT2D eigenvalue weighted by Crippen LogP contribution is -2.36. The van der Waals surface area contributed by atoms with Crippen molar-refractivity contribution in [1.29, 1.82) is 0 Å². The summed E-state index contributed by atoms with van der Waals surface area (Å²) < 4.78 is 5.43. The Labute approximate surface area is 206 Å². The van der Waals surface area contributed by atoms with Gasteiger partial charge in [0.25, 0.3) is 0 Å². The first-order valence-corrected chi connectivity index (χ1v) is 12.3. The lowest BCUT2D eigenvalue weighted by Gasteiger charge is -2.28. The van der Waals surface area contributed by atoms with E-state index in [1.165, 1.54) is 5.69 Å². The average molecular weight is 473 g/mol. The van der Waals surface area contributed by atoms with Crippen molar-refractivity contribution in [2.24, 2.45) is 5.92 Å². The predicted octanol–water partition coefficient (Wildman–Crippen LogP) is 4.00. The van der Waals surface area contributed by atoms with Gasteiger partial charge in [-0.15, -0.1) is 0 Å². The maximum Gasteiger partial charge on any atom is 0.228 e. The van der Waals surface area contributed by atoms with E-state index in [9.17, 15) is 4.79 Å². The lowest BCUT2D eigenvalue weighted by molar-refractivity contribution is -0.119. The van der Waals surface area contributed by atoms with Crippen molar-refractivity contribution < 1.29 is 9.53 Å². The monoisotopic (exact) mass is 472 g/mol. The molecular formula is C27H32N6O2. The Balaban J connectivity index is 1.20. The third kappa shape index (κ3) is 5.78. The van der Waals surface area contributed by atoms with Crippen LogP contribution >= 0.6 is 0 Å². The van der Waals surface area contributed by atoms with Crippen LogP contribution < -0.4 is 15.5 Å². The van der Waals surface area contributed by atoms with Crippen molar-refractivity contribution in [3.05, 3.63) is 60.8 Å². The Hall–Kier alpha value is -3.49. The highest BCUT2D eigenvalue weighted by Crippen LogP contribution is 2.24. The minimum atomic E-state index is 0.0630. The van der Waals surface area contributed by atoms with E-state index in [1.807, 2.05) is 42.5 Å². The zero-order valence-electron chi connectivity index (χ0n) is 20.1. The molecule has 2 aromatic carbocycles. The molecule has 1 atom stereocenters. The number of carbonyl (C=O) groups excluding carboxylic acids is 1. The predicted molar refractivity (Wildman–Crippen MR) is 139 cm³/mol. The summed E-state index contributed by atoms with van der Waals surface area (Å²) in [5, 5.41) is 6.35. The fourth-order valence-electron chi connectivity index (χ4n) is 4.59. The molecule has 35 heavy (non-hydrogen) atoms. The molecule has 0 bridgehead atoms. The van der Waals surface area contributed by atoms with E-state index >= 15 is 0 Å². The van der Waals surface area contributed by atoms with Gasteiger partial charge in [-0.1, -0.05) is 19.1 Å². The Morgan fingerprint density at radius 3 is 2.46 bits per heavy atom. The summed E-state index contributed by atoms with van der Waals surface area (Å²) in [6.07, 6.45) is 2.67. The number of ether oxygens (including phenoxy) is 1. The molecular weight excluding hydrogens is 440 g/mol. The summed E-state index contributed by atoms with van der Waals surface area (Å²) >= 11 is 0. The van der Waals surface area contributed by atoms with Gasteiger partial charge in [0.2, 0.25) is 11.9 Å². The third-order valence-electron chi connectivity index (χ3n) is 6.69. The molecule has 3 aromatic rings. The fraction of sp³-hybridized carbons (Fsp3) is 0.370. The van der Waals surface area contributed by atoms with Crippen LogP contribution in [0, 0.1) is 5.92 Å². The van der Waals surface area contributed by atoms with E-state index in [-0.39, 0.29) is 11.8 Å². The Bertz CT molecular complexity index is 1130. The number of benzene rings is 2. The largest absolute Gasteiger partial charge is 0.378 e. The number of nitrogens with one attached hydrogen (secondary N) is 2. The Morgan fingerprint density at radius 1 is 1.00 bits per heavy atom. The highest BCUT2D eigenvalue weighted by Gasteiger charge is 2.27. The number of rotatable bonds is 7. The van der Waals surface area contributed by atoms with Crippen LogP contribution in [-0.4, -0.2) is 66.7 Å². The molecule has 0 spiro atoms. The van der Waals surface area contributed by atoms with Crippen molar-refractivity contribution in [2.45, 2.75) is 13.3 Å². The molecule has 182 valence electrons. The number of aromatic nitrogens is 2. The summed E-state index contributed by atoms with van der Waals surface area (Å²) in [6, 6.07) is 18.0. The minimum absolute atomic E-state index is 0.0630. The summed E-state index contributed by atoms with van der Waals surface area (Å²) in [6.45, 7) is 8.33. The van der Waals surface area contributed by atoms with Crippen molar-refractivity contribution >= 4 is 28.9 Å². The van der Waals surface area contributed by atoms with Crippen molar-refractivity contribution in [3.8, 4) is 11.3 Å². The Morgan fingerprint density at radius 2 is 1.74 bits per heavy atom. The van der Waals surface area contributed by atoms with Gasteiger partial charge in [-0.3, -0.25) is 4.79 Å². The van der Waals surface area contributed by atoms with Gasteiger partial charge in [-0.25, -0.2) is 9.97 Å². The summed E-state index contributed by atoms with van der Waals surface area (Å²) in [5.41, 5.74) is 4.72. The highest BCUT2D eigenvalue weighted by molar-refractivity contribution is 5.93. The highest BCUT2D eigenvalue weighted by atomic mass is 16.5. The first-order valence-electron chi connectivity index (χ1n) is 12.3. The van der Waals surface area contributed by atoms with E-state index in [0.29, 0.717) is 5.95 Å². The minimum Gasteiger partial charge on any atom is -0.378 e. The summed E-state index contributed by atoms with van der Waals surface area (Å²) in [5.74, 6) is 0.704. The summed E-state index contributed by atoms with van der Waals surface area (Å²) in [4.78, 5) is 26.3. The van der Waals surface area contributed by atoms with Crippen LogP contribution in [0.15, 0.2) is 60.8 Å². The topological polar surface area (TPSA) is 82.6 Å².